The fourth-order valence-electron chi connectivity index (χ4n) is 6.22. The molecule has 0 saturated heterocycles. The van der Waals surface area contributed by atoms with Gasteiger partial charge in [0.1, 0.15) is 0 Å². The van der Waals surface area contributed by atoms with Crippen LogP contribution < -0.4 is 5.73 Å². The van der Waals surface area contributed by atoms with Gasteiger partial charge in [0.2, 0.25) is 0 Å². The van der Waals surface area contributed by atoms with Gasteiger partial charge in [-0.2, -0.15) is 0 Å². The Morgan fingerprint density at radius 1 is 1.25 bits per heavy atom. The molecule has 5 rings (SSSR count). The molecule has 1 aromatic heterocycles. The first-order valence-corrected chi connectivity index (χ1v) is 9.18. The second kappa shape index (κ2) is 4.33. The molecule has 1 aromatic rings. The number of thiophene rings is 1. The van der Waals surface area contributed by atoms with Crippen molar-refractivity contribution in [3.63, 3.8) is 0 Å². The fraction of sp³-hybridized carbons (Fsp3) is 0.778. The van der Waals surface area contributed by atoms with Crippen molar-refractivity contribution in [1.82, 2.24) is 0 Å². The summed E-state index contributed by atoms with van der Waals surface area (Å²) < 4.78 is 0. The highest BCUT2D eigenvalue weighted by Gasteiger charge is 2.58. The van der Waals surface area contributed by atoms with Gasteiger partial charge in [-0.1, -0.05) is 13.8 Å². The van der Waals surface area contributed by atoms with E-state index < -0.39 is 0 Å². The van der Waals surface area contributed by atoms with E-state index in [-0.39, 0.29) is 6.04 Å². The minimum absolute atomic E-state index is 0.290. The van der Waals surface area contributed by atoms with E-state index in [2.05, 4.69) is 26.0 Å². The van der Waals surface area contributed by atoms with Crippen molar-refractivity contribution in [2.75, 3.05) is 0 Å². The molecule has 4 fully saturated rings. The highest BCUT2D eigenvalue weighted by molar-refractivity contribution is 7.12. The van der Waals surface area contributed by atoms with Crippen molar-refractivity contribution in [2.24, 2.45) is 28.4 Å². The van der Waals surface area contributed by atoms with E-state index in [0.29, 0.717) is 10.8 Å². The molecule has 0 aromatic carbocycles. The van der Waals surface area contributed by atoms with E-state index in [9.17, 15) is 0 Å². The van der Waals surface area contributed by atoms with Crippen molar-refractivity contribution in [3.05, 3.63) is 21.9 Å². The predicted octanol–water partition coefficient (Wildman–Crippen LogP) is 4.92. The van der Waals surface area contributed by atoms with Crippen LogP contribution in [0, 0.1) is 22.7 Å². The Hall–Kier alpha value is -0.340. The maximum absolute atomic E-state index is 6.83. The van der Waals surface area contributed by atoms with Gasteiger partial charge in [0.05, 0.1) is 0 Å². The predicted molar refractivity (Wildman–Crippen MR) is 85.8 cm³/mol. The maximum atomic E-state index is 6.83. The van der Waals surface area contributed by atoms with Crippen molar-refractivity contribution in [2.45, 2.75) is 64.8 Å². The summed E-state index contributed by atoms with van der Waals surface area (Å²) in [5.74, 6) is 1.94. The van der Waals surface area contributed by atoms with Gasteiger partial charge in [-0.3, -0.25) is 0 Å². The third-order valence-electron chi connectivity index (χ3n) is 6.40. The molecule has 2 N–H and O–H groups in total. The molecule has 3 unspecified atom stereocenters. The average molecular weight is 289 g/mol. The van der Waals surface area contributed by atoms with Gasteiger partial charge in [-0.15, -0.1) is 11.3 Å². The summed E-state index contributed by atoms with van der Waals surface area (Å²) in [5, 5.41) is 0. The topological polar surface area (TPSA) is 26.0 Å². The molecule has 0 aliphatic heterocycles. The molecule has 1 nitrogen and oxygen atoms in total. The van der Waals surface area contributed by atoms with E-state index in [1.54, 1.807) is 0 Å². The summed E-state index contributed by atoms with van der Waals surface area (Å²) in [6, 6.07) is 4.90. The highest BCUT2D eigenvalue weighted by Crippen LogP contribution is 2.68. The molecule has 1 heterocycles. The smallest absolute Gasteiger partial charge is 0.0447 e. The second-order valence-corrected chi connectivity index (χ2v) is 9.47. The molecule has 0 spiro atoms. The lowest BCUT2D eigenvalue weighted by atomic mass is 9.43. The standard InChI is InChI=1S/C18H27NS/c1-3-14-4-5-15(20-14)16(19)18-9-12-6-13(10-18)8-17(2,7-12)11-18/h4-5,12-13,16H,3,6-11,19H2,1-2H3. The van der Waals surface area contributed by atoms with Gasteiger partial charge in [0, 0.05) is 15.8 Å². The summed E-state index contributed by atoms with van der Waals surface area (Å²) >= 11 is 1.96. The summed E-state index contributed by atoms with van der Waals surface area (Å²) in [5.41, 5.74) is 7.86. The molecule has 4 aliphatic carbocycles. The molecule has 0 radical (unpaired) electrons. The van der Waals surface area contributed by atoms with E-state index >= 15 is 0 Å². The van der Waals surface area contributed by atoms with Crippen LogP contribution in [0.5, 0.6) is 0 Å². The summed E-state index contributed by atoms with van der Waals surface area (Å²) in [7, 11) is 0. The Morgan fingerprint density at radius 2 is 1.95 bits per heavy atom. The summed E-state index contributed by atoms with van der Waals surface area (Å²) in [6.45, 7) is 4.78. The van der Waals surface area contributed by atoms with Crippen LogP contribution in [0.25, 0.3) is 0 Å². The Bertz CT molecular complexity index is 503. The van der Waals surface area contributed by atoms with Crippen LogP contribution >= 0.6 is 11.3 Å². The molecule has 110 valence electrons. The van der Waals surface area contributed by atoms with Crippen LogP contribution in [0.1, 0.15) is 68.2 Å². The van der Waals surface area contributed by atoms with Crippen LogP contribution in [0.2, 0.25) is 0 Å². The fourth-order valence-corrected chi connectivity index (χ4v) is 7.31. The zero-order valence-electron chi connectivity index (χ0n) is 12.8. The minimum Gasteiger partial charge on any atom is -0.323 e. The van der Waals surface area contributed by atoms with E-state index in [0.717, 1.165) is 18.3 Å². The normalized spacial score (nSPS) is 44.0. The summed E-state index contributed by atoms with van der Waals surface area (Å²) in [4.78, 5) is 2.94. The molecule has 3 atom stereocenters. The van der Waals surface area contributed by atoms with Crippen molar-refractivity contribution >= 4 is 11.3 Å². The van der Waals surface area contributed by atoms with Gasteiger partial charge in [0.15, 0.2) is 0 Å². The van der Waals surface area contributed by atoms with Crippen molar-refractivity contribution in [3.8, 4) is 0 Å². The second-order valence-electron chi connectivity index (χ2n) is 8.27. The SMILES string of the molecule is CCc1ccc(C(N)C23CC4CC(CC(C)(C4)C2)C3)s1. The third-order valence-corrected chi connectivity index (χ3v) is 7.71. The molecular weight excluding hydrogens is 262 g/mol. The number of aryl methyl sites for hydroxylation is 1. The Balaban J connectivity index is 1.66. The highest BCUT2D eigenvalue weighted by atomic mass is 32.1. The number of hydrogen-bond donors (Lipinski definition) is 1. The minimum atomic E-state index is 0.290. The first-order valence-electron chi connectivity index (χ1n) is 8.36. The van der Waals surface area contributed by atoms with Gasteiger partial charge < -0.3 is 5.73 Å². The lowest BCUT2D eigenvalue weighted by molar-refractivity contribution is -0.113. The van der Waals surface area contributed by atoms with E-state index in [1.807, 2.05) is 11.3 Å². The Labute approximate surface area is 127 Å². The zero-order valence-corrected chi connectivity index (χ0v) is 13.6. The largest absolute Gasteiger partial charge is 0.323 e. The number of nitrogens with two attached hydrogens (primary N) is 1. The van der Waals surface area contributed by atoms with Crippen molar-refractivity contribution < 1.29 is 0 Å². The molecule has 4 bridgehead atoms. The maximum Gasteiger partial charge on any atom is 0.0447 e. The van der Waals surface area contributed by atoms with Gasteiger partial charge in [-0.05, 0) is 79.7 Å². The molecule has 4 saturated carbocycles. The zero-order chi connectivity index (χ0) is 14.0. The van der Waals surface area contributed by atoms with Crippen LogP contribution in [-0.2, 0) is 6.42 Å². The van der Waals surface area contributed by atoms with Crippen LogP contribution in [-0.4, -0.2) is 0 Å². The molecule has 4 aliphatic rings. The number of rotatable bonds is 3. The first kappa shape index (κ1) is 13.3. The van der Waals surface area contributed by atoms with Crippen molar-refractivity contribution in [1.29, 1.82) is 0 Å². The molecule has 2 heteroatoms. The van der Waals surface area contributed by atoms with Gasteiger partial charge >= 0.3 is 0 Å². The lowest BCUT2D eigenvalue weighted by Crippen LogP contribution is -2.54. The van der Waals surface area contributed by atoms with Gasteiger partial charge in [-0.25, -0.2) is 0 Å². The van der Waals surface area contributed by atoms with Crippen LogP contribution in [0.15, 0.2) is 12.1 Å². The first-order chi connectivity index (χ1) is 9.52. The Kier molecular flexibility index (Phi) is 2.89. The lowest BCUT2D eigenvalue weighted by Gasteiger charge is -2.63. The third kappa shape index (κ3) is 1.91. The van der Waals surface area contributed by atoms with E-state index in [4.69, 9.17) is 5.73 Å². The molecule has 20 heavy (non-hydrogen) atoms. The Morgan fingerprint density at radius 3 is 2.50 bits per heavy atom. The summed E-state index contributed by atoms with van der Waals surface area (Å²) in [6.07, 6.45) is 9.78. The number of hydrogen-bond acceptors (Lipinski definition) is 2. The quantitative estimate of drug-likeness (QED) is 0.840. The van der Waals surface area contributed by atoms with Crippen LogP contribution in [0.3, 0.4) is 0 Å². The average Bonchev–Trinajstić information content (AvgIpc) is 2.83. The van der Waals surface area contributed by atoms with Gasteiger partial charge in [0.25, 0.3) is 0 Å². The monoisotopic (exact) mass is 289 g/mol. The molecular formula is C18H27NS. The van der Waals surface area contributed by atoms with Crippen LogP contribution in [0.4, 0.5) is 0 Å². The molecule has 0 amide bonds. The van der Waals surface area contributed by atoms with E-state index in [1.165, 1.54) is 48.3 Å².